The van der Waals surface area contributed by atoms with E-state index in [0.717, 1.165) is 17.9 Å². The van der Waals surface area contributed by atoms with Gasteiger partial charge in [-0.2, -0.15) is 0 Å². The van der Waals surface area contributed by atoms with Crippen molar-refractivity contribution in [2.24, 2.45) is 5.73 Å². The van der Waals surface area contributed by atoms with Gasteiger partial charge in [-0.3, -0.25) is 4.90 Å². The molecule has 1 aromatic rings. The summed E-state index contributed by atoms with van der Waals surface area (Å²) in [5.41, 5.74) is 7.31. The topological polar surface area (TPSA) is 38.5 Å². The molecular formula is C13H17FN2O. The molecule has 92 valence electrons. The molecule has 1 aromatic carbocycles. The zero-order valence-electron chi connectivity index (χ0n) is 9.68. The van der Waals surface area contributed by atoms with Crippen LogP contribution in [0.4, 0.5) is 4.39 Å². The molecule has 2 N–H and O–H groups in total. The summed E-state index contributed by atoms with van der Waals surface area (Å²) >= 11 is 0. The van der Waals surface area contributed by atoms with E-state index in [1.54, 1.807) is 0 Å². The molecule has 0 radical (unpaired) electrons. The number of hydrogen-bond acceptors (Lipinski definition) is 3. The second-order valence-electron chi connectivity index (χ2n) is 4.82. The molecule has 0 saturated carbocycles. The van der Waals surface area contributed by atoms with Gasteiger partial charge in [0, 0.05) is 18.7 Å². The third kappa shape index (κ3) is 1.91. The predicted octanol–water partition coefficient (Wildman–Crippen LogP) is 1.49. The maximum Gasteiger partial charge on any atom is 0.124 e. The predicted molar refractivity (Wildman–Crippen MR) is 63.7 cm³/mol. The summed E-state index contributed by atoms with van der Waals surface area (Å²) in [7, 11) is 0. The summed E-state index contributed by atoms with van der Waals surface area (Å²) < 4.78 is 18.9. The molecule has 0 aromatic heterocycles. The van der Waals surface area contributed by atoms with Crippen LogP contribution in [0, 0.1) is 0 Å². The molecule has 0 spiro atoms. The van der Waals surface area contributed by atoms with Crippen LogP contribution in [-0.2, 0) is 0 Å². The summed E-state index contributed by atoms with van der Waals surface area (Å²) in [5, 5.41) is 0. The Balaban J connectivity index is 1.82. The van der Waals surface area contributed by atoms with E-state index >= 15 is 0 Å². The summed E-state index contributed by atoms with van der Waals surface area (Å²) in [4.78, 5) is 2.12. The van der Waals surface area contributed by atoms with Crippen LogP contribution >= 0.6 is 0 Å². The van der Waals surface area contributed by atoms with Crippen LogP contribution in [-0.4, -0.2) is 36.8 Å². The van der Waals surface area contributed by atoms with Crippen molar-refractivity contribution in [2.45, 2.75) is 24.7 Å². The van der Waals surface area contributed by atoms with E-state index in [1.165, 1.54) is 0 Å². The minimum absolute atomic E-state index is 0.0785. The van der Waals surface area contributed by atoms with Crippen LogP contribution < -0.4 is 10.5 Å². The van der Waals surface area contributed by atoms with Crippen LogP contribution in [0.15, 0.2) is 24.3 Å². The minimum Gasteiger partial charge on any atom is -0.492 e. The fourth-order valence-corrected chi connectivity index (χ4v) is 2.75. The Hall–Kier alpha value is -1.13. The molecule has 3 nitrogen and oxygen atoms in total. The lowest BCUT2D eigenvalue weighted by molar-refractivity contribution is 0.112. The number of ether oxygens (including phenoxy) is 1. The first-order valence-corrected chi connectivity index (χ1v) is 6.11. The second kappa shape index (κ2) is 4.27. The van der Waals surface area contributed by atoms with Gasteiger partial charge >= 0.3 is 0 Å². The Kier molecular flexibility index (Phi) is 2.76. The third-order valence-electron chi connectivity index (χ3n) is 3.73. The van der Waals surface area contributed by atoms with Crippen LogP contribution in [0.2, 0.25) is 0 Å². The first-order chi connectivity index (χ1) is 8.25. The Morgan fingerprint density at radius 3 is 2.94 bits per heavy atom. The lowest BCUT2D eigenvalue weighted by atomic mass is 9.96. The van der Waals surface area contributed by atoms with Gasteiger partial charge in [0.25, 0.3) is 0 Å². The minimum atomic E-state index is -0.709. The van der Waals surface area contributed by atoms with Gasteiger partial charge in [-0.1, -0.05) is 18.2 Å². The smallest absolute Gasteiger partial charge is 0.124 e. The number of benzene rings is 1. The highest BCUT2D eigenvalue weighted by Crippen LogP contribution is 2.33. The number of nitrogens with zero attached hydrogens (tertiary/aromatic N) is 1. The van der Waals surface area contributed by atoms with Crippen LogP contribution in [0.1, 0.15) is 18.0 Å². The van der Waals surface area contributed by atoms with E-state index in [0.29, 0.717) is 19.6 Å². The molecule has 0 amide bonds. The van der Waals surface area contributed by atoms with Crippen molar-refractivity contribution in [3.63, 3.8) is 0 Å². The van der Waals surface area contributed by atoms with Gasteiger partial charge in [0.05, 0.1) is 12.1 Å². The number of alkyl halides is 1. The van der Waals surface area contributed by atoms with Crippen molar-refractivity contribution in [3.05, 3.63) is 29.8 Å². The molecule has 4 heteroatoms. The average Bonchev–Trinajstić information content (AvgIpc) is 2.77. The number of para-hydroxylation sites is 1. The van der Waals surface area contributed by atoms with Crippen molar-refractivity contribution >= 4 is 0 Å². The number of fused-ring (bicyclic) bond motifs is 1. The fourth-order valence-electron chi connectivity index (χ4n) is 2.75. The first kappa shape index (κ1) is 11.0. The average molecular weight is 236 g/mol. The summed E-state index contributed by atoms with van der Waals surface area (Å²) in [6.07, 6.45) is -0.0930. The Morgan fingerprint density at radius 2 is 2.18 bits per heavy atom. The Labute approximate surface area is 100 Å². The molecule has 0 unspecified atom stereocenters. The summed E-state index contributed by atoms with van der Waals surface area (Å²) in [5.74, 6) is 0.868. The molecule has 1 saturated heterocycles. The highest BCUT2D eigenvalue weighted by Gasteiger charge is 2.36. The van der Waals surface area contributed by atoms with E-state index < -0.39 is 6.17 Å². The van der Waals surface area contributed by atoms with Gasteiger partial charge in [-0.25, -0.2) is 4.39 Å². The van der Waals surface area contributed by atoms with Gasteiger partial charge < -0.3 is 10.5 Å². The van der Waals surface area contributed by atoms with E-state index in [1.807, 2.05) is 24.3 Å². The Morgan fingerprint density at radius 1 is 1.35 bits per heavy atom. The zero-order valence-corrected chi connectivity index (χ0v) is 9.68. The Bertz CT molecular complexity index is 412. The molecule has 3 rings (SSSR count). The second-order valence-corrected chi connectivity index (χ2v) is 4.82. The van der Waals surface area contributed by atoms with E-state index in [-0.39, 0.29) is 12.1 Å². The largest absolute Gasteiger partial charge is 0.492 e. The van der Waals surface area contributed by atoms with Crippen LogP contribution in [0.5, 0.6) is 5.75 Å². The summed E-state index contributed by atoms with van der Waals surface area (Å²) in [6, 6.07) is 7.87. The van der Waals surface area contributed by atoms with E-state index in [4.69, 9.17) is 10.5 Å². The zero-order chi connectivity index (χ0) is 11.8. The maximum atomic E-state index is 13.2. The molecule has 0 aliphatic carbocycles. The van der Waals surface area contributed by atoms with Crippen LogP contribution in [0.3, 0.4) is 0 Å². The monoisotopic (exact) mass is 236 g/mol. The quantitative estimate of drug-likeness (QED) is 0.803. The standard InChI is InChI=1S/C13H17FN2O/c14-9-5-6-16(7-9)11-8-17-12-4-2-1-3-10(12)13(11)15/h1-4,9,11,13H,5-8,15H2/t9-,11+,13+/m1/s1. The number of hydrogen-bond donors (Lipinski definition) is 1. The van der Waals surface area contributed by atoms with Crippen molar-refractivity contribution in [1.29, 1.82) is 0 Å². The van der Waals surface area contributed by atoms with Gasteiger partial charge in [0.15, 0.2) is 0 Å². The third-order valence-corrected chi connectivity index (χ3v) is 3.73. The lowest BCUT2D eigenvalue weighted by Gasteiger charge is -2.36. The summed E-state index contributed by atoms with van der Waals surface area (Å²) in [6.45, 7) is 1.83. The van der Waals surface area contributed by atoms with Gasteiger partial charge in [0.2, 0.25) is 0 Å². The van der Waals surface area contributed by atoms with Crippen molar-refractivity contribution in [2.75, 3.05) is 19.7 Å². The van der Waals surface area contributed by atoms with Crippen molar-refractivity contribution in [3.8, 4) is 5.75 Å². The maximum absolute atomic E-state index is 13.2. The van der Waals surface area contributed by atoms with Gasteiger partial charge in [-0.15, -0.1) is 0 Å². The molecule has 2 aliphatic heterocycles. The van der Waals surface area contributed by atoms with Crippen molar-refractivity contribution in [1.82, 2.24) is 4.90 Å². The highest BCUT2D eigenvalue weighted by atomic mass is 19.1. The van der Waals surface area contributed by atoms with Crippen molar-refractivity contribution < 1.29 is 9.13 Å². The molecule has 17 heavy (non-hydrogen) atoms. The molecule has 1 fully saturated rings. The lowest BCUT2D eigenvalue weighted by Crippen LogP contribution is -2.47. The molecule has 3 atom stereocenters. The fraction of sp³-hybridized carbons (Fsp3) is 0.538. The first-order valence-electron chi connectivity index (χ1n) is 6.11. The highest BCUT2D eigenvalue weighted by molar-refractivity contribution is 5.38. The molecule has 2 aliphatic rings. The molecule has 0 bridgehead atoms. The normalized spacial score (nSPS) is 33.2. The van der Waals surface area contributed by atoms with Crippen LogP contribution in [0.25, 0.3) is 0 Å². The molecule has 2 heterocycles. The number of nitrogens with two attached hydrogens (primary N) is 1. The number of halogens is 1. The SMILES string of the molecule is N[C@H]1c2ccccc2OC[C@@H]1N1CC[C@@H](F)C1. The van der Waals surface area contributed by atoms with Gasteiger partial charge in [-0.05, 0) is 12.5 Å². The van der Waals surface area contributed by atoms with E-state index in [2.05, 4.69) is 4.90 Å². The van der Waals surface area contributed by atoms with Gasteiger partial charge in [0.1, 0.15) is 18.5 Å². The van der Waals surface area contributed by atoms with E-state index in [9.17, 15) is 4.39 Å². The number of rotatable bonds is 1. The number of likely N-dealkylation sites (tertiary alicyclic amines) is 1. The molecular weight excluding hydrogens is 219 g/mol.